The van der Waals surface area contributed by atoms with Crippen molar-refractivity contribution in [3.05, 3.63) is 33.9 Å². The van der Waals surface area contributed by atoms with E-state index in [1.165, 1.54) is 17.4 Å². The molecule has 0 aliphatic heterocycles. The average molecular weight is 486 g/mol. The molecule has 0 aromatic heterocycles. The molecule has 0 atom stereocenters. The number of hydrogen-bond acceptors (Lipinski definition) is 6. The highest BCUT2D eigenvalue weighted by Crippen LogP contribution is 2.30. The van der Waals surface area contributed by atoms with Gasteiger partial charge in [-0.25, -0.2) is 9.59 Å². The summed E-state index contributed by atoms with van der Waals surface area (Å²) < 4.78 is 106. The van der Waals surface area contributed by atoms with Crippen molar-refractivity contribution in [3.8, 4) is 0 Å². The van der Waals surface area contributed by atoms with E-state index in [1.54, 1.807) is 13.8 Å². The maximum Gasteiger partial charge on any atom is 0.491 e. The molecule has 180 valence electrons. The molecule has 1 N–H and O–H groups in total. The quantitative estimate of drug-likeness (QED) is 0.223. The van der Waals surface area contributed by atoms with E-state index < -0.39 is 52.7 Å². The maximum atomic E-state index is 12.1. The molecule has 0 bridgehead atoms. The molecule has 8 nitrogen and oxygen atoms in total. The van der Waals surface area contributed by atoms with E-state index in [1.807, 2.05) is 0 Å². The van der Waals surface area contributed by atoms with Crippen molar-refractivity contribution in [3.63, 3.8) is 0 Å². The molecule has 1 rings (SSSR count). The molecule has 1 aromatic carbocycles. The van der Waals surface area contributed by atoms with Crippen LogP contribution in [0.3, 0.4) is 0 Å². The highest BCUT2D eigenvalue weighted by Gasteiger charge is 2.49. The van der Waals surface area contributed by atoms with Gasteiger partial charge in [0.25, 0.3) is 5.69 Å². The molecule has 0 saturated carbocycles. The molecule has 0 fully saturated rings. The summed E-state index contributed by atoms with van der Waals surface area (Å²) in [6, 6.07) is 3.68. The fraction of sp³-hybridized carbons (Fsp3) is 0.400. The Labute approximate surface area is 171 Å². The highest BCUT2D eigenvalue weighted by molar-refractivity contribution is 5.97. The Morgan fingerprint density at radius 1 is 0.906 bits per heavy atom. The molecule has 1 amide bonds. The molecule has 0 radical (unpaired) electrons. The van der Waals surface area contributed by atoms with Gasteiger partial charge in [0.05, 0.1) is 4.92 Å². The summed E-state index contributed by atoms with van der Waals surface area (Å²) in [5.41, 5.74) is -0.455. The Morgan fingerprint density at radius 2 is 1.34 bits per heavy atom. The molecule has 0 aliphatic carbocycles. The predicted molar refractivity (Wildman–Crippen MR) is 85.1 cm³/mol. The summed E-state index contributed by atoms with van der Waals surface area (Å²) in [5.74, 6) is -8.68. The Bertz CT molecular complexity index is 852. The number of alkyl halides is 9. The number of amides is 1. The van der Waals surface area contributed by atoms with Crippen molar-refractivity contribution < 1.29 is 63.6 Å². The number of carbonyl (C=O) groups is 3. The topological polar surface area (TPSA) is 116 Å². The molecule has 0 spiro atoms. The Balaban J connectivity index is 0.000000649. The van der Waals surface area contributed by atoms with Gasteiger partial charge in [-0.3, -0.25) is 14.9 Å². The number of nitrogens with one attached hydrogen (secondary N) is 1. The summed E-state index contributed by atoms with van der Waals surface area (Å²) in [5, 5.41) is 12.2. The first-order valence-corrected chi connectivity index (χ1v) is 7.74. The van der Waals surface area contributed by atoms with Gasteiger partial charge in [0.15, 0.2) is 0 Å². The standard InChI is InChI=1S/C11H11F3N2O3.C4F6O3/c1-6(2)7-3-4-9(16(18)19)8(5-7)15-10(17)11(12,13)14;5-3(6,7)1(11)13-2(12)4(8,9)10/h3-6H,1-2H3,(H,15,17);. The highest BCUT2D eigenvalue weighted by atomic mass is 19.4. The SMILES string of the molecule is CC(C)c1ccc([N+](=O)[O-])c(NC(=O)C(F)(F)F)c1.O=C(OC(=O)C(F)(F)F)C(F)(F)F. The lowest BCUT2D eigenvalue weighted by atomic mass is 10.0. The number of ether oxygens (including phenoxy) is 1. The molecule has 17 heteroatoms. The number of halogens is 9. The maximum absolute atomic E-state index is 12.1. The average Bonchev–Trinajstić information content (AvgIpc) is 2.59. The first kappa shape index (κ1) is 28.6. The number of hydrogen-bond donors (Lipinski definition) is 1. The number of rotatable bonds is 3. The van der Waals surface area contributed by atoms with E-state index in [9.17, 15) is 64.0 Å². The number of benzene rings is 1. The predicted octanol–water partition coefficient (Wildman–Crippen LogP) is 4.40. The van der Waals surface area contributed by atoms with E-state index in [0.29, 0.717) is 5.56 Å². The van der Waals surface area contributed by atoms with E-state index in [2.05, 4.69) is 4.74 Å². The van der Waals surface area contributed by atoms with E-state index in [-0.39, 0.29) is 5.92 Å². The van der Waals surface area contributed by atoms with Gasteiger partial charge in [0.1, 0.15) is 5.69 Å². The minimum absolute atomic E-state index is 0.0395. The molecular formula is C15H11F9N2O6. The lowest BCUT2D eigenvalue weighted by molar-refractivity contribution is -0.384. The Morgan fingerprint density at radius 3 is 1.66 bits per heavy atom. The summed E-state index contributed by atoms with van der Waals surface area (Å²) in [6.45, 7) is 3.55. The van der Waals surface area contributed by atoms with Crippen LogP contribution in [0.15, 0.2) is 18.2 Å². The zero-order valence-electron chi connectivity index (χ0n) is 15.6. The van der Waals surface area contributed by atoms with E-state index >= 15 is 0 Å². The third-order valence-electron chi connectivity index (χ3n) is 3.04. The third kappa shape index (κ3) is 9.17. The van der Waals surface area contributed by atoms with Gasteiger partial charge in [-0.2, -0.15) is 39.5 Å². The van der Waals surface area contributed by atoms with Crippen LogP contribution in [-0.2, 0) is 19.1 Å². The summed E-state index contributed by atoms with van der Waals surface area (Å²) in [6.07, 6.45) is -16.3. The number of nitrogens with zero attached hydrogens (tertiary/aromatic N) is 1. The number of nitro groups is 1. The Kier molecular flexibility index (Phi) is 9.18. The van der Waals surface area contributed by atoms with Gasteiger partial charge in [0.2, 0.25) is 0 Å². The first-order chi connectivity index (χ1) is 14.2. The second-order valence-corrected chi connectivity index (χ2v) is 5.81. The van der Waals surface area contributed by atoms with Gasteiger partial charge >= 0.3 is 36.4 Å². The van der Waals surface area contributed by atoms with Gasteiger partial charge in [-0.1, -0.05) is 19.9 Å². The number of nitro benzene ring substituents is 1. The van der Waals surface area contributed by atoms with Crippen LogP contribution in [0.5, 0.6) is 0 Å². The summed E-state index contributed by atoms with van der Waals surface area (Å²) in [7, 11) is 0. The van der Waals surface area contributed by atoms with Crippen LogP contribution in [0, 0.1) is 10.1 Å². The molecule has 1 aromatic rings. The lowest BCUT2D eigenvalue weighted by Gasteiger charge is -2.11. The van der Waals surface area contributed by atoms with Crippen molar-refractivity contribution in [2.45, 2.75) is 38.3 Å². The second kappa shape index (κ2) is 10.3. The molecular weight excluding hydrogens is 475 g/mol. The van der Waals surface area contributed by atoms with Crippen LogP contribution in [0.2, 0.25) is 0 Å². The van der Waals surface area contributed by atoms with Crippen LogP contribution >= 0.6 is 0 Å². The second-order valence-electron chi connectivity index (χ2n) is 5.81. The van der Waals surface area contributed by atoms with Crippen molar-refractivity contribution in [1.82, 2.24) is 0 Å². The van der Waals surface area contributed by atoms with Crippen LogP contribution in [0.1, 0.15) is 25.3 Å². The van der Waals surface area contributed by atoms with E-state index in [0.717, 1.165) is 6.07 Å². The molecule has 0 heterocycles. The van der Waals surface area contributed by atoms with Gasteiger partial charge < -0.3 is 10.1 Å². The smallest absolute Gasteiger partial charge is 0.380 e. The zero-order chi connectivity index (χ0) is 25.7. The fourth-order valence-electron chi connectivity index (χ4n) is 1.57. The van der Waals surface area contributed by atoms with Crippen molar-refractivity contribution in [2.24, 2.45) is 0 Å². The number of carbonyl (C=O) groups excluding carboxylic acids is 3. The van der Waals surface area contributed by atoms with Crippen LogP contribution in [0.4, 0.5) is 50.9 Å². The zero-order valence-corrected chi connectivity index (χ0v) is 15.6. The van der Waals surface area contributed by atoms with Crippen molar-refractivity contribution >= 4 is 29.2 Å². The fourth-order valence-corrected chi connectivity index (χ4v) is 1.57. The molecule has 0 saturated heterocycles. The number of esters is 2. The van der Waals surface area contributed by atoms with Gasteiger partial charge in [-0.05, 0) is 17.5 Å². The van der Waals surface area contributed by atoms with Crippen LogP contribution in [0.25, 0.3) is 0 Å². The van der Waals surface area contributed by atoms with Crippen molar-refractivity contribution in [1.29, 1.82) is 0 Å². The minimum Gasteiger partial charge on any atom is -0.380 e. The van der Waals surface area contributed by atoms with Crippen LogP contribution < -0.4 is 5.32 Å². The lowest BCUT2D eigenvalue weighted by Crippen LogP contribution is -2.34. The number of anilines is 1. The molecule has 0 unspecified atom stereocenters. The minimum atomic E-state index is -5.62. The normalized spacial score (nSPS) is 11.9. The van der Waals surface area contributed by atoms with Gasteiger partial charge in [0, 0.05) is 6.07 Å². The summed E-state index contributed by atoms with van der Waals surface area (Å²) >= 11 is 0. The van der Waals surface area contributed by atoms with Crippen LogP contribution in [-0.4, -0.2) is 41.3 Å². The first-order valence-electron chi connectivity index (χ1n) is 7.74. The summed E-state index contributed by atoms with van der Waals surface area (Å²) in [4.78, 5) is 40.0. The monoisotopic (exact) mass is 486 g/mol. The van der Waals surface area contributed by atoms with E-state index in [4.69, 9.17) is 0 Å². The Hall–Kier alpha value is -3.40. The molecule has 32 heavy (non-hydrogen) atoms. The van der Waals surface area contributed by atoms with Crippen molar-refractivity contribution in [2.75, 3.05) is 5.32 Å². The largest absolute Gasteiger partial charge is 0.491 e. The van der Waals surface area contributed by atoms with Gasteiger partial charge in [-0.15, -0.1) is 0 Å². The third-order valence-corrected chi connectivity index (χ3v) is 3.04. The molecule has 0 aliphatic rings.